The van der Waals surface area contributed by atoms with Crippen molar-refractivity contribution >= 4 is 28.9 Å². The Morgan fingerprint density at radius 2 is 1.92 bits per heavy atom. The van der Waals surface area contributed by atoms with E-state index in [2.05, 4.69) is 15.5 Å². The predicted molar refractivity (Wildman–Crippen MR) is 104 cm³/mol. The van der Waals surface area contributed by atoms with Crippen molar-refractivity contribution in [2.24, 2.45) is 0 Å². The van der Waals surface area contributed by atoms with Crippen LogP contribution < -0.4 is 20.3 Å². The van der Waals surface area contributed by atoms with Crippen LogP contribution in [-0.4, -0.2) is 61.3 Å². The molecule has 0 bridgehead atoms. The van der Waals surface area contributed by atoms with Gasteiger partial charge < -0.3 is 25.2 Å². The molecule has 7 heteroatoms. The molecule has 1 fully saturated rings. The van der Waals surface area contributed by atoms with Crippen molar-refractivity contribution in [1.29, 1.82) is 0 Å². The topological polar surface area (TPSA) is 58.0 Å². The number of anilines is 1. The van der Waals surface area contributed by atoms with E-state index in [0.29, 0.717) is 13.2 Å². The summed E-state index contributed by atoms with van der Waals surface area (Å²) in [6.45, 7) is 10.7. The number of piperazine rings is 1. The number of hydrogen-bond donors (Lipinski definition) is 3. The van der Waals surface area contributed by atoms with Crippen LogP contribution in [-0.2, 0) is 4.79 Å². The Labute approximate surface area is 155 Å². The maximum absolute atomic E-state index is 11.9. The van der Waals surface area contributed by atoms with E-state index in [0.717, 1.165) is 42.7 Å². The van der Waals surface area contributed by atoms with Crippen molar-refractivity contribution in [1.82, 2.24) is 10.2 Å². The van der Waals surface area contributed by atoms with E-state index in [4.69, 9.17) is 17.0 Å². The minimum absolute atomic E-state index is 0.119. The van der Waals surface area contributed by atoms with Gasteiger partial charge >= 0.3 is 0 Å². The molecule has 25 heavy (non-hydrogen) atoms. The highest BCUT2D eigenvalue weighted by Gasteiger charge is 2.23. The molecule has 0 saturated carbocycles. The Balaban J connectivity index is 1.76. The van der Waals surface area contributed by atoms with Gasteiger partial charge in [0.15, 0.2) is 11.7 Å². The summed E-state index contributed by atoms with van der Waals surface area (Å²) in [5.74, 6) is 0.976. The van der Waals surface area contributed by atoms with Gasteiger partial charge in [-0.25, -0.2) is 0 Å². The molecule has 1 amide bonds. The normalized spacial score (nSPS) is 15.1. The third-order valence-electron chi connectivity index (χ3n) is 4.03. The first-order valence-electron chi connectivity index (χ1n) is 8.89. The number of amides is 1. The van der Waals surface area contributed by atoms with E-state index in [9.17, 15) is 4.79 Å². The van der Waals surface area contributed by atoms with E-state index >= 15 is 0 Å². The highest BCUT2D eigenvalue weighted by atomic mass is 32.1. The maximum Gasteiger partial charge on any atom is 0.275 e. The summed E-state index contributed by atoms with van der Waals surface area (Å²) in [6, 6.07) is 8.00. The molecule has 138 valence electrons. The van der Waals surface area contributed by atoms with Gasteiger partial charge in [-0.2, -0.15) is 0 Å². The van der Waals surface area contributed by atoms with Crippen LogP contribution in [0.5, 0.6) is 5.75 Å². The molecule has 2 rings (SSSR count). The number of hydrogen-bond acceptors (Lipinski definition) is 3. The number of benzene rings is 1. The summed E-state index contributed by atoms with van der Waals surface area (Å²) in [7, 11) is 0. The molecule has 0 aromatic heterocycles. The van der Waals surface area contributed by atoms with Crippen LogP contribution in [0, 0.1) is 0 Å². The van der Waals surface area contributed by atoms with E-state index < -0.39 is 0 Å². The van der Waals surface area contributed by atoms with Crippen LogP contribution >= 0.6 is 12.2 Å². The second-order valence-electron chi connectivity index (χ2n) is 6.52. The Kier molecular flexibility index (Phi) is 7.46. The third-order valence-corrected chi connectivity index (χ3v) is 4.39. The first kappa shape index (κ1) is 19.5. The zero-order chi connectivity index (χ0) is 18.2. The van der Waals surface area contributed by atoms with Gasteiger partial charge in [0.2, 0.25) is 0 Å². The number of nitrogens with one attached hydrogen (secondary N) is 3. The molecular formula is C18H29N4O2S+. The molecule has 0 unspecified atom stereocenters. The van der Waals surface area contributed by atoms with E-state index in [-0.39, 0.29) is 11.9 Å². The van der Waals surface area contributed by atoms with Crippen LogP contribution in [0.1, 0.15) is 20.8 Å². The summed E-state index contributed by atoms with van der Waals surface area (Å²) < 4.78 is 5.44. The number of thiocarbonyl (C=S) groups is 1. The summed E-state index contributed by atoms with van der Waals surface area (Å²) in [6.07, 6.45) is 0. The summed E-state index contributed by atoms with van der Waals surface area (Å²) in [5.41, 5.74) is 0.958. The number of carbonyl (C=O) groups is 1. The lowest BCUT2D eigenvalue weighted by Crippen LogP contribution is -3.16. The Hall–Kier alpha value is -1.86. The van der Waals surface area contributed by atoms with Crippen LogP contribution in [0.15, 0.2) is 24.3 Å². The fourth-order valence-electron chi connectivity index (χ4n) is 2.81. The molecule has 1 aromatic rings. The summed E-state index contributed by atoms with van der Waals surface area (Å²) in [5, 5.41) is 6.96. The largest absolute Gasteiger partial charge is 0.494 e. The van der Waals surface area contributed by atoms with Crippen molar-refractivity contribution in [3.8, 4) is 5.75 Å². The molecule has 1 saturated heterocycles. The molecule has 1 aliphatic rings. The minimum atomic E-state index is 0.119. The number of quaternary nitrogens is 1. The van der Waals surface area contributed by atoms with Crippen LogP contribution in [0.4, 0.5) is 5.69 Å². The lowest BCUT2D eigenvalue weighted by Gasteiger charge is -2.33. The average molecular weight is 366 g/mol. The van der Waals surface area contributed by atoms with Crippen LogP contribution in [0.2, 0.25) is 0 Å². The van der Waals surface area contributed by atoms with Gasteiger partial charge in [0.1, 0.15) is 5.75 Å². The number of carbonyl (C=O) groups excluding carboxylic acids is 1. The van der Waals surface area contributed by atoms with Crippen molar-refractivity contribution in [3.63, 3.8) is 0 Å². The third kappa shape index (κ3) is 6.51. The molecule has 3 N–H and O–H groups in total. The molecule has 0 aliphatic carbocycles. The fourth-order valence-corrected chi connectivity index (χ4v) is 3.11. The van der Waals surface area contributed by atoms with Crippen molar-refractivity contribution < 1.29 is 14.4 Å². The molecule has 0 atom stereocenters. The molecule has 0 spiro atoms. The van der Waals surface area contributed by atoms with Gasteiger partial charge in [-0.1, -0.05) is 0 Å². The molecule has 1 heterocycles. The predicted octanol–water partition coefficient (Wildman–Crippen LogP) is 0.507. The summed E-state index contributed by atoms with van der Waals surface area (Å²) >= 11 is 5.52. The number of nitrogens with zero attached hydrogens (tertiary/aromatic N) is 1. The lowest BCUT2D eigenvalue weighted by molar-refractivity contribution is -0.895. The van der Waals surface area contributed by atoms with E-state index in [1.165, 1.54) is 4.90 Å². The minimum Gasteiger partial charge on any atom is -0.494 e. The molecule has 6 nitrogen and oxygen atoms in total. The standard InChI is InChI=1S/C18H28N4O2S/c1-4-24-16-7-5-15(6-8-16)20-18(25)22-11-9-21(10-12-22)13-17(23)19-14(2)3/h5-8,14H,4,9-13H2,1-3H3,(H,19,23)(H,20,25)/p+1. The first-order chi connectivity index (χ1) is 12.0. The Bertz CT molecular complexity index is 569. The van der Waals surface area contributed by atoms with Gasteiger partial charge in [0.05, 0.1) is 32.8 Å². The Morgan fingerprint density at radius 1 is 1.28 bits per heavy atom. The average Bonchev–Trinajstić information content (AvgIpc) is 2.56. The zero-order valence-electron chi connectivity index (χ0n) is 15.3. The monoisotopic (exact) mass is 365 g/mol. The van der Waals surface area contributed by atoms with Crippen molar-refractivity contribution in [2.45, 2.75) is 26.8 Å². The zero-order valence-corrected chi connectivity index (χ0v) is 16.1. The second-order valence-corrected chi connectivity index (χ2v) is 6.91. The quantitative estimate of drug-likeness (QED) is 0.642. The van der Waals surface area contributed by atoms with E-state index in [1.54, 1.807) is 0 Å². The van der Waals surface area contributed by atoms with Crippen LogP contribution in [0.25, 0.3) is 0 Å². The molecule has 1 aliphatic heterocycles. The van der Waals surface area contributed by atoms with Crippen molar-refractivity contribution in [2.75, 3.05) is 44.6 Å². The van der Waals surface area contributed by atoms with Gasteiger partial charge in [-0.15, -0.1) is 0 Å². The number of ether oxygens (including phenoxy) is 1. The summed E-state index contributed by atoms with van der Waals surface area (Å²) in [4.78, 5) is 15.3. The molecule has 0 radical (unpaired) electrons. The molecule has 1 aromatic carbocycles. The highest BCUT2D eigenvalue weighted by molar-refractivity contribution is 7.80. The van der Waals surface area contributed by atoms with Gasteiger partial charge in [0, 0.05) is 11.7 Å². The van der Waals surface area contributed by atoms with E-state index in [1.807, 2.05) is 45.0 Å². The van der Waals surface area contributed by atoms with Gasteiger partial charge in [-0.05, 0) is 57.3 Å². The fraction of sp³-hybridized carbons (Fsp3) is 0.556. The van der Waals surface area contributed by atoms with Gasteiger partial charge in [0.25, 0.3) is 5.91 Å². The second kappa shape index (κ2) is 9.58. The smallest absolute Gasteiger partial charge is 0.275 e. The lowest BCUT2D eigenvalue weighted by atomic mass is 10.3. The SMILES string of the molecule is CCOc1ccc(NC(=S)N2CC[NH+](CC(=O)NC(C)C)CC2)cc1. The molecular weight excluding hydrogens is 336 g/mol. The Morgan fingerprint density at radius 3 is 2.48 bits per heavy atom. The highest BCUT2D eigenvalue weighted by Crippen LogP contribution is 2.16. The first-order valence-corrected chi connectivity index (χ1v) is 9.30. The number of rotatable bonds is 6. The van der Waals surface area contributed by atoms with Crippen molar-refractivity contribution in [3.05, 3.63) is 24.3 Å². The van der Waals surface area contributed by atoms with Crippen LogP contribution in [0.3, 0.4) is 0 Å². The van der Waals surface area contributed by atoms with Gasteiger partial charge in [-0.3, -0.25) is 4.79 Å². The maximum atomic E-state index is 11.9.